The van der Waals surface area contributed by atoms with Crippen LogP contribution in [0.5, 0.6) is 5.75 Å². The summed E-state index contributed by atoms with van der Waals surface area (Å²) in [6.07, 6.45) is 2.14. The SMILES string of the molecule is C[C@@H]1CCCCO[C@@H](CN(C)C(=O)c2ccccc2)[C@@H](C)CN([C@H](C)CO)C(=O)c2cc(NC(=O)Cc3ccccc3)ccc2O1. The summed E-state index contributed by atoms with van der Waals surface area (Å²) >= 11 is 0. The van der Waals surface area contributed by atoms with Crippen molar-refractivity contribution in [2.75, 3.05) is 38.7 Å². The number of nitrogens with one attached hydrogen (secondary N) is 1. The Morgan fingerprint density at radius 1 is 1.02 bits per heavy atom. The van der Waals surface area contributed by atoms with Crippen molar-refractivity contribution in [3.05, 3.63) is 95.6 Å². The van der Waals surface area contributed by atoms with Gasteiger partial charge in [-0.05, 0) is 69.0 Å². The Morgan fingerprint density at radius 3 is 2.41 bits per heavy atom. The number of ether oxygens (including phenoxy) is 2. The minimum Gasteiger partial charge on any atom is -0.490 e. The quantitative estimate of drug-likeness (QED) is 0.344. The van der Waals surface area contributed by atoms with Crippen LogP contribution in [0.1, 0.15) is 66.3 Å². The second kappa shape index (κ2) is 16.9. The van der Waals surface area contributed by atoms with Gasteiger partial charge in [-0.1, -0.05) is 55.5 Å². The zero-order chi connectivity index (χ0) is 33.1. The van der Waals surface area contributed by atoms with E-state index in [9.17, 15) is 19.5 Å². The van der Waals surface area contributed by atoms with Gasteiger partial charge in [0.15, 0.2) is 0 Å². The van der Waals surface area contributed by atoms with E-state index in [0.29, 0.717) is 35.7 Å². The molecule has 0 fully saturated rings. The molecule has 9 heteroatoms. The smallest absolute Gasteiger partial charge is 0.258 e. The molecule has 0 bridgehead atoms. The second-order valence-electron chi connectivity index (χ2n) is 12.3. The van der Waals surface area contributed by atoms with Crippen LogP contribution < -0.4 is 10.1 Å². The Balaban J connectivity index is 1.60. The first-order chi connectivity index (χ1) is 22.2. The summed E-state index contributed by atoms with van der Waals surface area (Å²) in [5.74, 6) is -0.367. The number of nitrogens with zero attached hydrogens (tertiary/aromatic N) is 2. The predicted octanol–water partition coefficient (Wildman–Crippen LogP) is 5.44. The number of benzene rings is 3. The molecule has 0 aliphatic carbocycles. The van der Waals surface area contributed by atoms with Crippen molar-refractivity contribution in [3.8, 4) is 5.75 Å². The minimum absolute atomic E-state index is 0.103. The van der Waals surface area contributed by atoms with Gasteiger partial charge in [-0.2, -0.15) is 0 Å². The Labute approximate surface area is 272 Å². The molecule has 0 unspecified atom stereocenters. The number of hydrogen-bond donors (Lipinski definition) is 2. The van der Waals surface area contributed by atoms with E-state index in [4.69, 9.17) is 9.47 Å². The molecule has 9 nitrogen and oxygen atoms in total. The molecule has 0 saturated carbocycles. The van der Waals surface area contributed by atoms with Gasteiger partial charge in [0.25, 0.3) is 11.8 Å². The highest BCUT2D eigenvalue weighted by Gasteiger charge is 2.31. The van der Waals surface area contributed by atoms with Gasteiger partial charge in [-0.25, -0.2) is 0 Å². The molecule has 3 aromatic rings. The summed E-state index contributed by atoms with van der Waals surface area (Å²) in [7, 11) is 1.76. The third kappa shape index (κ3) is 9.64. The van der Waals surface area contributed by atoms with Crippen LogP contribution in [0.25, 0.3) is 0 Å². The molecule has 0 spiro atoms. The molecule has 46 heavy (non-hydrogen) atoms. The van der Waals surface area contributed by atoms with Crippen molar-refractivity contribution in [1.29, 1.82) is 0 Å². The number of anilines is 1. The largest absolute Gasteiger partial charge is 0.490 e. The lowest BCUT2D eigenvalue weighted by Gasteiger charge is -2.36. The first-order valence-corrected chi connectivity index (χ1v) is 16.1. The number of carbonyl (C=O) groups excluding carboxylic acids is 3. The average Bonchev–Trinajstić information content (AvgIpc) is 3.06. The molecule has 0 aromatic heterocycles. The molecule has 246 valence electrons. The summed E-state index contributed by atoms with van der Waals surface area (Å²) in [5, 5.41) is 13.1. The molecular weight excluding hydrogens is 582 g/mol. The number of aliphatic hydroxyl groups is 1. The van der Waals surface area contributed by atoms with Crippen LogP contribution in [-0.4, -0.2) is 84.2 Å². The second-order valence-corrected chi connectivity index (χ2v) is 12.3. The summed E-state index contributed by atoms with van der Waals surface area (Å²) < 4.78 is 12.7. The maximum absolute atomic E-state index is 14.3. The zero-order valence-corrected chi connectivity index (χ0v) is 27.4. The number of aliphatic hydroxyl groups excluding tert-OH is 1. The van der Waals surface area contributed by atoms with E-state index in [1.54, 1.807) is 54.1 Å². The number of hydrogen-bond acceptors (Lipinski definition) is 6. The van der Waals surface area contributed by atoms with Crippen LogP contribution in [0, 0.1) is 5.92 Å². The van der Waals surface area contributed by atoms with Gasteiger partial charge >= 0.3 is 0 Å². The number of fused-ring (bicyclic) bond motifs is 1. The summed E-state index contributed by atoms with van der Waals surface area (Å²) in [5.41, 5.74) is 2.28. The summed E-state index contributed by atoms with van der Waals surface area (Å²) in [6, 6.07) is 23.2. The van der Waals surface area contributed by atoms with Gasteiger partial charge in [0.1, 0.15) is 5.75 Å². The van der Waals surface area contributed by atoms with Gasteiger partial charge < -0.3 is 29.7 Å². The van der Waals surface area contributed by atoms with Crippen molar-refractivity contribution in [1.82, 2.24) is 9.80 Å². The first kappa shape index (κ1) is 34.7. The van der Waals surface area contributed by atoms with Crippen LogP contribution >= 0.6 is 0 Å². The fourth-order valence-electron chi connectivity index (χ4n) is 5.60. The van der Waals surface area contributed by atoms with Crippen LogP contribution in [0.2, 0.25) is 0 Å². The molecule has 1 aliphatic heterocycles. The standard InChI is InChI=1S/C37H47N3O6/c1-26-23-40(27(2)25-41)37(44)32-22-31(38-35(42)21-29-14-7-5-8-15-29)18-19-33(32)46-28(3)13-11-12-20-45-34(26)24-39(4)36(43)30-16-9-6-10-17-30/h5-10,14-19,22,26-28,34,41H,11-13,20-21,23-25H2,1-4H3,(H,38,42)/t26-,27+,28+,34-/m0/s1. The van der Waals surface area contributed by atoms with Gasteiger partial charge in [0.2, 0.25) is 5.91 Å². The van der Waals surface area contributed by atoms with Gasteiger partial charge in [0.05, 0.1) is 36.8 Å². The lowest BCUT2D eigenvalue weighted by molar-refractivity contribution is -0.115. The Morgan fingerprint density at radius 2 is 1.72 bits per heavy atom. The van der Waals surface area contributed by atoms with Crippen LogP contribution in [0.4, 0.5) is 5.69 Å². The van der Waals surface area contributed by atoms with E-state index in [1.165, 1.54) is 0 Å². The van der Waals surface area contributed by atoms with Crippen molar-refractivity contribution in [2.24, 2.45) is 5.92 Å². The number of rotatable bonds is 8. The monoisotopic (exact) mass is 629 g/mol. The van der Waals surface area contributed by atoms with Gasteiger partial charge in [-0.3, -0.25) is 14.4 Å². The molecule has 1 heterocycles. The molecule has 2 N–H and O–H groups in total. The first-order valence-electron chi connectivity index (χ1n) is 16.1. The van der Waals surface area contributed by atoms with E-state index in [-0.39, 0.29) is 55.4 Å². The van der Waals surface area contributed by atoms with Crippen molar-refractivity contribution in [2.45, 2.75) is 64.7 Å². The van der Waals surface area contributed by atoms with Gasteiger partial charge in [0, 0.05) is 43.9 Å². The van der Waals surface area contributed by atoms with E-state index >= 15 is 0 Å². The highest BCUT2D eigenvalue weighted by Crippen LogP contribution is 2.28. The third-order valence-corrected chi connectivity index (χ3v) is 8.36. The molecule has 4 atom stereocenters. The molecular formula is C37H47N3O6. The molecule has 3 amide bonds. The maximum Gasteiger partial charge on any atom is 0.258 e. The fraction of sp³-hybridized carbons (Fsp3) is 0.432. The molecule has 1 aliphatic rings. The molecule has 4 rings (SSSR count). The summed E-state index contributed by atoms with van der Waals surface area (Å²) in [6.45, 7) is 6.67. The Kier molecular flexibility index (Phi) is 12.7. The molecule has 0 saturated heterocycles. The minimum atomic E-state index is -0.506. The third-order valence-electron chi connectivity index (χ3n) is 8.36. The van der Waals surface area contributed by atoms with Crippen LogP contribution in [0.3, 0.4) is 0 Å². The van der Waals surface area contributed by atoms with Crippen molar-refractivity contribution < 1.29 is 29.0 Å². The molecule has 0 radical (unpaired) electrons. The highest BCUT2D eigenvalue weighted by atomic mass is 16.5. The van der Waals surface area contributed by atoms with E-state index in [2.05, 4.69) is 5.32 Å². The molecule has 3 aromatic carbocycles. The highest BCUT2D eigenvalue weighted by molar-refractivity contribution is 6.00. The van der Waals surface area contributed by atoms with E-state index < -0.39 is 6.04 Å². The van der Waals surface area contributed by atoms with Crippen molar-refractivity contribution >= 4 is 23.4 Å². The van der Waals surface area contributed by atoms with Crippen LogP contribution in [0.15, 0.2) is 78.9 Å². The Bertz CT molecular complexity index is 1430. The van der Waals surface area contributed by atoms with Gasteiger partial charge in [-0.15, -0.1) is 0 Å². The number of amides is 3. The van der Waals surface area contributed by atoms with E-state index in [0.717, 1.165) is 24.8 Å². The van der Waals surface area contributed by atoms with Crippen LogP contribution in [-0.2, 0) is 16.0 Å². The average molecular weight is 630 g/mol. The number of carbonyl (C=O) groups is 3. The zero-order valence-electron chi connectivity index (χ0n) is 27.4. The number of likely N-dealkylation sites (N-methyl/N-ethyl adjacent to an activating group) is 1. The lowest BCUT2D eigenvalue weighted by Crippen LogP contribution is -2.48. The lowest BCUT2D eigenvalue weighted by atomic mass is 10.0. The fourth-order valence-corrected chi connectivity index (χ4v) is 5.60. The Hall–Kier alpha value is -4.21. The topological polar surface area (TPSA) is 108 Å². The predicted molar refractivity (Wildman–Crippen MR) is 179 cm³/mol. The summed E-state index contributed by atoms with van der Waals surface area (Å²) in [4.78, 5) is 43.7. The maximum atomic E-state index is 14.3. The van der Waals surface area contributed by atoms with Crippen molar-refractivity contribution in [3.63, 3.8) is 0 Å². The van der Waals surface area contributed by atoms with E-state index in [1.807, 2.05) is 62.4 Å². The normalized spacial score (nSPS) is 20.1.